The Hall–Kier alpha value is -2.66. The summed E-state index contributed by atoms with van der Waals surface area (Å²) in [7, 11) is 0. The molecule has 2 aromatic carbocycles. The van der Waals surface area contributed by atoms with Crippen LogP contribution in [0.3, 0.4) is 0 Å². The number of nitrogens with one attached hydrogen (secondary N) is 2. The highest BCUT2D eigenvalue weighted by atomic mass is 16.5. The quantitative estimate of drug-likeness (QED) is 0.721. The van der Waals surface area contributed by atoms with E-state index in [4.69, 9.17) is 4.74 Å². The van der Waals surface area contributed by atoms with Crippen LogP contribution >= 0.6 is 0 Å². The number of ether oxygens (including phenoxy) is 1. The van der Waals surface area contributed by atoms with Crippen molar-refractivity contribution >= 4 is 17.6 Å². The molecule has 1 atom stereocenters. The summed E-state index contributed by atoms with van der Waals surface area (Å²) < 4.78 is 5.07. The fraction of sp³-hybridized carbons (Fsp3) is 0.300. The molecule has 0 aliphatic rings. The van der Waals surface area contributed by atoms with E-state index < -0.39 is 0 Å². The van der Waals surface area contributed by atoms with Crippen LogP contribution in [0.25, 0.3) is 0 Å². The first kappa shape index (κ1) is 18.7. The summed E-state index contributed by atoms with van der Waals surface area (Å²) in [5, 5.41) is 5.99. The zero-order chi connectivity index (χ0) is 18.1. The van der Waals surface area contributed by atoms with Crippen molar-refractivity contribution in [2.45, 2.75) is 26.3 Å². The Kier molecular flexibility index (Phi) is 7.16. The lowest BCUT2D eigenvalue weighted by Gasteiger charge is -2.14. The van der Waals surface area contributed by atoms with Crippen molar-refractivity contribution in [2.75, 3.05) is 18.5 Å². The Labute approximate surface area is 148 Å². The number of hydrogen-bond donors (Lipinski definition) is 2. The molecule has 0 spiro atoms. The highest BCUT2D eigenvalue weighted by molar-refractivity contribution is 5.94. The lowest BCUT2D eigenvalue weighted by molar-refractivity contribution is -0.115. The second kappa shape index (κ2) is 9.59. The summed E-state index contributed by atoms with van der Waals surface area (Å²) in [5.41, 5.74) is 2.25. The van der Waals surface area contributed by atoms with E-state index in [1.165, 1.54) is 0 Å². The molecular formula is C20H24N2O3. The molecule has 5 nitrogen and oxygen atoms in total. The van der Waals surface area contributed by atoms with Crippen molar-refractivity contribution in [3.63, 3.8) is 0 Å². The van der Waals surface area contributed by atoms with Gasteiger partial charge < -0.3 is 15.4 Å². The molecule has 0 saturated carbocycles. The average molecular weight is 340 g/mol. The molecule has 2 aromatic rings. The van der Waals surface area contributed by atoms with E-state index in [2.05, 4.69) is 10.6 Å². The largest absolute Gasteiger partial charge is 0.462 e. The van der Waals surface area contributed by atoms with Crippen LogP contribution in [0.2, 0.25) is 0 Å². The van der Waals surface area contributed by atoms with E-state index in [0.717, 1.165) is 12.0 Å². The molecule has 1 amide bonds. The lowest BCUT2D eigenvalue weighted by atomic mass is 10.1. The highest BCUT2D eigenvalue weighted by Crippen LogP contribution is 2.12. The number of amides is 1. The Morgan fingerprint density at radius 2 is 1.72 bits per heavy atom. The van der Waals surface area contributed by atoms with Gasteiger partial charge in [-0.15, -0.1) is 0 Å². The Morgan fingerprint density at radius 1 is 1.04 bits per heavy atom. The van der Waals surface area contributed by atoms with Crippen molar-refractivity contribution in [3.05, 3.63) is 65.7 Å². The van der Waals surface area contributed by atoms with Crippen LogP contribution in [0, 0.1) is 0 Å². The van der Waals surface area contributed by atoms with Crippen molar-refractivity contribution in [2.24, 2.45) is 0 Å². The Bertz CT molecular complexity index is 684. The lowest BCUT2D eigenvalue weighted by Crippen LogP contribution is -2.30. The summed E-state index contributed by atoms with van der Waals surface area (Å²) in [5.74, 6) is -0.484. The summed E-state index contributed by atoms with van der Waals surface area (Å²) >= 11 is 0. The highest BCUT2D eigenvalue weighted by Gasteiger charge is 2.09. The predicted molar refractivity (Wildman–Crippen MR) is 98.5 cm³/mol. The minimum atomic E-state index is -0.349. The van der Waals surface area contributed by atoms with Gasteiger partial charge in [0.1, 0.15) is 0 Å². The molecule has 25 heavy (non-hydrogen) atoms. The van der Waals surface area contributed by atoms with Gasteiger partial charge in [-0.05, 0) is 43.2 Å². The first-order chi connectivity index (χ1) is 12.1. The van der Waals surface area contributed by atoms with Crippen LogP contribution in [0.15, 0.2) is 54.6 Å². The van der Waals surface area contributed by atoms with Gasteiger partial charge in [-0.1, -0.05) is 37.3 Å². The molecule has 2 rings (SSSR count). The second-order valence-electron chi connectivity index (χ2n) is 5.77. The number of carbonyl (C=O) groups is 2. The standard InChI is InChI=1S/C20H24N2O3/c1-3-13-25-20(24)17-9-11-18(12-10-17)22-19(23)14-21-15(2)16-7-5-4-6-8-16/h4-12,15,21H,3,13-14H2,1-2H3,(H,22,23). The monoisotopic (exact) mass is 340 g/mol. The minimum absolute atomic E-state index is 0.0858. The molecule has 0 heterocycles. The molecule has 1 unspecified atom stereocenters. The number of carbonyl (C=O) groups excluding carboxylic acids is 2. The smallest absolute Gasteiger partial charge is 0.338 e. The van der Waals surface area contributed by atoms with E-state index in [1.54, 1.807) is 24.3 Å². The zero-order valence-corrected chi connectivity index (χ0v) is 14.6. The maximum Gasteiger partial charge on any atom is 0.338 e. The predicted octanol–water partition coefficient (Wildman–Crippen LogP) is 3.54. The first-order valence-electron chi connectivity index (χ1n) is 8.45. The van der Waals surface area contributed by atoms with Crippen molar-refractivity contribution in [1.29, 1.82) is 0 Å². The van der Waals surface area contributed by atoms with Gasteiger partial charge in [0.15, 0.2) is 0 Å². The molecule has 2 N–H and O–H groups in total. The van der Waals surface area contributed by atoms with Gasteiger partial charge in [-0.3, -0.25) is 4.79 Å². The third-order valence-electron chi connectivity index (χ3n) is 3.71. The molecule has 0 aliphatic heterocycles. The Balaban J connectivity index is 1.81. The number of anilines is 1. The molecule has 0 fully saturated rings. The van der Waals surface area contributed by atoms with E-state index >= 15 is 0 Å². The van der Waals surface area contributed by atoms with Crippen molar-refractivity contribution in [1.82, 2.24) is 5.32 Å². The van der Waals surface area contributed by atoms with Crippen LogP contribution in [-0.2, 0) is 9.53 Å². The van der Waals surface area contributed by atoms with Crippen LogP contribution in [0.1, 0.15) is 42.2 Å². The fourth-order valence-corrected chi connectivity index (χ4v) is 2.28. The van der Waals surface area contributed by atoms with E-state index in [-0.39, 0.29) is 24.5 Å². The molecule has 0 bridgehead atoms. The third-order valence-corrected chi connectivity index (χ3v) is 3.71. The van der Waals surface area contributed by atoms with Gasteiger partial charge in [0, 0.05) is 11.7 Å². The fourth-order valence-electron chi connectivity index (χ4n) is 2.28. The van der Waals surface area contributed by atoms with Gasteiger partial charge in [0.2, 0.25) is 5.91 Å². The molecule has 5 heteroatoms. The topological polar surface area (TPSA) is 67.4 Å². The van der Waals surface area contributed by atoms with Crippen LogP contribution in [0.5, 0.6) is 0 Å². The number of benzene rings is 2. The number of rotatable bonds is 8. The second-order valence-corrected chi connectivity index (χ2v) is 5.77. The normalized spacial score (nSPS) is 11.6. The van der Waals surface area contributed by atoms with Gasteiger partial charge in [0.25, 0.3) is 0 Å². The molecule has 0 saturated heterocycles. The summed E-state index contributed by atoms with van der Waals surface area (Å²) in [6.07, 6.45) is 0.786. The van der Waals surface area contributed by atoms with Crippen molar-refractivity contribution < 1.29 is 14.3 Å². The first-order valence-corrected chi connectivity index (χ1v) is 8.45. The summed E-state index contributed by atoms with van der Waals surface area (Å²) in [6.45, 7) is 4.57. The minimum Gasteiger partial charge on any atom is -0.462 e. The van der Waals surface area contributed by atoms with Crippen LogP contribution in [-0.4, -0.2) is 25.0 Å². The molecule has 132 valence electrons. The van der Waals surface area contributed by atoms with E-state index in [9.17, 15) is 9.59 Å². The maximum absolute atomic E-state index is 12.0. The molecule has 0 aliphatic carbocycles. The van der Waals surface area contributed by atoms with Crippen LogP contribution in [0.4, 0.5) is 5.69 Å². The SMILES string of the molecule is CCCOC(=O)c1ccc(NC(=O)CNC(C)c2ccccc2)cc1. The number of hydrogen-bond acceptors (Lipinski definition) is 4. The summed E-state index contributed by atoms with van der Waals surface area (Å²) in [6, 6.07) is 16.7. The van der Waals surface area contributed by atoms with Crippen LogP contribution < -0.4 is 10.6 Å². The van der Waals surface area contributed by atoms with E-state index in [1.807, 2.05) is 44.2 Å². The Morgan fingerprint density at radius 3 is 2.36 bits per heavy atom. The molecule has 0 aromatic heterocycles. The third kappa shape index (κ3) is 6.04. The summed E-state index contributed by atoms with van der Waals surface area (Å²) in [4.78, 5) is 23.8. The van der Waals surface area contributed by atoms with Gasteiger partial charge in [0.05, 0.1) is 18.7 Å². The van der Waals surface area contributed by atoms with Gasteiger partial charge in [-0.2, -0.15) is 0 Å². The van der Waals surface area contributed by atoms with E-state index in [0.29, 0.717) is 17.9 Å². The van der Waals surface area contributed by atoms with Crippen molar-refractivity contribution in [3.8, 4) is 0 Å². The van der Waals surface area contributed by atoms with Gasteiger partial charge in [-0.25, -0.2) is 4.79 Å². The molecular weight excluding hydrogens is 316 g/mol. The number of esters is 1. The molecule has 0 radical (unpaired) electrons. The van der Waals surface area contributed by atoms with Gasteiger partial charge >= 0.3 is 5.97 Å². The average Bonchev–Trinajstić information content (AvgIpc) is 2.65. The maximum atomic E-state index is 12.0. The zero-order valence-electron chi connectivity index (χ0n) is 14.6.